The van der Waals surface area contributed by atoms with Crippen LogP contribution in [-0.4, -0.2) is 43.2 Å². The van der Waals surface area contributed by atoms with E-state index in [0.29, 0.717) is 0 Å². The molecule has 1 heterocycles. The largest absolute Gasteiger partial charge is 0.496 e. The first-order chi connectivity index (χ1) is 10.3. The van der Waals surface area contributed by atoms with Crippen LogP contribution in [0.15, 0.2) is 30.5 Å². The van der Waals surface area contributed by atoms with Gasteiger partial charge in [-0.1, -0.05) is 26.0 Å². The average molecular weight is 287 g/mol. The molecular formula is C17H25N3O. The van der Waals surface area contributed by atoms with Crippen LogP contribution in [0, 0.1) is 0 Å². The predicted molar refractivity (Wildman–Crippen MR) is 89.2 cm³/mol. The second kappa shape index (κ2) is 7.84. The maximum atomic E-state index is 5.41. The van der Waals surface area contributed by atoms with Gasteiger partial charge in [0.2, 0.25) is 0 Å². The fourth-order valence-electron chi connectivity index (χ4n) is 2.55. The summed E-state index contributed by atoms with van der Waals surface area (Å²) in [7, 11) is 1.70. The van der Waals surface area contributed by atoms with E-state index < -0.39 is 0 Å². The highest BCUT2D eigenvalue weighted by molar-refractivity contribution is 5.95. The molecule has 0 spiro atoms. The van der Waals surface area contributed by atoms with E-state index in [4.69, 9.17) is 4.74 Å². The Balaban J connectivity index is 2.02. The van der Waals surface area contributed by atoms with E-state index in [1.807, 2.05) is 24.4 Å². The number of hydrogen-bond acceptors (Lipinski definition) is 4. The van der Waals surface area contributed by atoms with E-state index in [-0.39, 0.29) is 0 Å². The fourth-order valence-corrected chi connectivity index (χ4v) is 2.55. The van der Waals surface area contributed by atoms with E-state index in [9.17, 15) is 0 Å². The van der Waals surface area contributed by atoms with Crippen molar-refractivity contribution < 1.29 is 4.74 Å². The number of nitrogens with one attached hydrogen (secondary N) is 1. The van der Waals surface area contributed by atoms with E-state index in [0.717, 1.165) is 54.9 Å². The van der Waals surface area contributed by atoms with Gasteiger partial charge in [-0.05, 0) is 38.2 Å². The molecule has 4 nitrogen and oxygen atoms in total. The van der Waals surface area contributed by atoms with Crippen molar-refractivity contribution in [3.63, 3.8) is 0 Å². The van der Waals surface area contributed by atoms with Gasteiger partial charge >= 0.3 is 0 Å². The topological polar surface area (TPSA) is 37.4 Å². The lowest BCUT2D eigenvalue weighted by molar-refractivity contribution is 0.303. The molecule has 0 aliphatic rings. The number of benzene rings is 1. The molecule has 0 aliphatic heterocycles. The smallest absolute Gasteiger partial charge is 0.133 e. The fraction of sp³-hybridized carbons (Fsp3) is 0.471. The summed E-state index contributed by atoms with van der Waals surface area (Å²) in [5.74, 6) is 1.83. The van der Waals surface area contributed by atoms with Crippen LogP contribution in [0.2, 0.25) is 0 Å². The first-order valence-corrected chi connectivity index (χ1v) is 7.68. The van der Waals surface area contributed by atoms with Crippen LogP contribution in [-0.2, 0) is 0 Å². The van der Waals surface area contributed by atoms with Crippen molar-refractivity contribution in [2.45, 2.75) is 20.3 Å². The molecule has 114 valence electrons. The van der Waals surface area contributed by atoms with E-state index in [1.165, 1.54) is 0 Å². The minimum Gasteiger partial charge on any atom is -0.496 e. The third-order valence-corrected chi connectivity index (χ3v) is 3.82. The monoisotopic (exact) mass is 287 g/mol. The second-order valence-corrected chi connectivity index (χ2v) is 5.02. The van der Waals surface area contributed by atoms with Gasteiger partial charge in [-0.15, -0.1) is 0 Å². The highest BCUT2D eigenvalue weighted by atomic mass is 16.5. The highest BCUT2D eigenvalue weighted by Gasteiger charge is 2.06. The van der Waals surface area contributed by atoms with Crippen molar-refractivity contribution in [2.24, 2.45) is 0 Å². The minimum absolute atomic E-state index is 0.890. The van der Waals surface area contributed by atoms with Crippen LogP contribution in [0.1, 0.15) is 20.3 Å². The molecular weight excluding hydrogens is 262 g/mol. The molecule has 0 saturated carbocycles. The number of rotatable bonds is 8. The standard InChI is InChI=1S/C17H25N3O/c1-4-20(5-2)13-7-11-18-17-15-8-6-9-16(21-3)14(15)10-12-19-17/h6,8-10,12H,4-5,7,11,13H2,1-3H3,(H,18,19). The molecule has 0 saturated heterocycles. The number of methoxy groups -OCH3 is 1. The Hall–Kier alpha value is -1.81. The van der Waals surface area contributed by atoms with Crippen molar-refractivity contribution in [2.75, 3.05) is 38.6 Å². The maximum Gasteiger partial charge on any atom is 0.133 e. The van der Waals surface area contributed by atoms with Gasteiger partial charge in [-0.3, -0.25) is 0 Å². The van der Waals surface area contributed by atoms with Crippen molar-refractivity contribution in [1.82, 2.24) is 9.88 Å². The molecule has 0 radical (unpaired) electrons. The number of hydrogen-bond donors (Lipinski definition) is 1. The SMILES string of the molecule is CCN(CC)CCCNc1nccc2c(OC)cccc12. The molecule has 0 fully saturated rings. The minimum atomic E-state index is 0.890. The summed E-state index contributed by atoms with van der Waals surface area (Å²) in [4.78, 5) is 6.89. The van der Waals surface area contributed by atoms with E-state index in [2.05, 4.69) is 35.1 Å². The third kappa shape index (κ3) is 3.85. The van der Waals surface area contributed by atoms with Crippen LogP contribution < -0.4 is 10.1 Å². The number of anilines is 1. The molecule has 2 aromatic rings. The Bertz CT molecular complexity index is 567. The van der Waals surface area contributed by atoms with Gasteiger partial charge in [-0.25, -0.2) is 4.98 Å². The first-order valence-electron chi connectivity index (χ1n) is 7.68. The molecule has 2 rings (SSSR count). The zero-order chi connectivity index (χ0) is 15.1. The highest BCUT2D eigenvalue weighted by Crippen LogP contribution is 2.28. The number of nitrogens with zero attached hydrogens (tertiary/aromatic N) is 2. The molecule has 0 atom stereocenters. The lowest BCUT2D eigenvalue weighted by Crippen LogP contribution is -2.25. The molecule has 0 unspecified atom stereocenters. The van der Waals surface area contributed by atoms with Gasteiger partial charge < -0.3 is 15.0 Å². The lowest BCUT2D eigenvalue weighted by Gasteiger charge is -2.18. The molecule has 4 heteroatoms. The summed E-state index contributed by atoms with van der Waals surface area (Å²) in [6.45, 7) is 8.68. The molecule has 0 amide bonds. The molecule has 21 heavy (non-hydrogen) atoms. The Labute approximate surface area is 127 Å². The van der Waals surface area contributed by atoms with Gasteiger partial charge in [0.1, 0.15) is 11.6 Å². The van der Waals surface area contributed by atoms with Gasteiger partial charge in [0.05, 0.1) is 7.11 Å². The summed E-state index contributed by atoms with van der Waals surface area (Å²) in [5.41, 5.74) is 0. The number of pyridine rings is 1. The summed E-state index contributed by atoms with van der Waals surface area (Å²) in [6.07, 6.45) is 2.95. The predicted octanol–water partition coefficient (Wildman–Crippen LogP) is 3.39. The number of ether oxygens (including phenoxy) is 1. The van der Waals surface area contributed by atoms with E-state index in [1.54, 1.807) is 7.11 Å². The summed E-state index contributed by atoms with van der Waals surface area (Å²) in [6, 6.07) is 8.06. The van der Waals surface area contributed by atoms with Crippen molar-refractivity contribution >= 4 is 16.6 Å². The first kappa shape index (κ1) is 15.6. The summed E-state index contributed by atoms with van der Waals surface area (Å²) in [5, 5.41) is 5.66. The summed E-state index contributed by atoms with van der Waals surface area (Å²) < 4.78 is 5.41. The maximum absolute atomic E-state index is 5.41. The van der Waals surface area contributed by atoms with Crippen LogP contribution in [0.3, 0.4) is 0 Å². The van der Waals surface area contributed by atoms with Gasteiger partial charge in [-0.2, -0.15) is 0 Å². The van der Waals surface area contributed by atoms with Crippen molar-refractivity contribution in [3.8, 4) is 5.75 Å². The zero-order valence-electron chi connectivity index (χ0n) is 13.2. The van der Waals surface area contributed by atoms with Gasteiger partial charge in [0.15, 0.2) is 0 Å². The van der Waals surface area contributed by atoms with Crippen LogP contribution in [0.25, 0.3) is 10.8 Å². The van der Waals surface area contributed by atoms with Crippen LogP contribution in [0.4, 0.5) is 5.82 Å². The van der Waals surface area contributed by atoms with Crippen molar-refractivity contribution in [1.29, 1.82) is 0 Å². The Morgan fingerprint density at radius 3 is 2.67 bits per heavy atom. The molecule has 1 N–H and O–H groups in total. The lowest BCUT2D eigenvalue weighted by atomic mass is 10.1. The average Bonchev–Trinajstić information content (AvgIpc) is 2.54. The third-order valence-electron chi connectivity index (χ3n) is 3.82. The number of aromatic nitrogens is 1. The van der Waals surface area contributed by atoms with Gasteiger partial charge in [0.25, 0.3) is 0 Å². The Kier molecular flexibility index (Phi) is 5.81. The second-order valence-electron chi connectivity index (χ2n) is 5.02. The Morgan fingerprint density at radius 1 is 1.14 bits per heavy atom. The van der Waals surface area contributed by atoms with Gasteiger partial charge in [0, 0.05) is 23.5 Å². The molecule has 0 bridgehead atoms. The van der Waals surface area contributed by atoms with E-state index >= 15 is 0 Å². The summed E-state index contributed by atoms with van der Waals surface area (Å²) >= 11 is 0. The Morgan fingerprint density at radius 2 is 1.95 bits per heavy atom. The number of fused-ring (bicyclic) bond motifs is 1. The quantitative estimate of drug-likeness (QED) is 0.755. The molecule has 1 aromatic carbocycles. The normalized spacial score (nSPS) is 11.0. The zero-order valence-corrected chi connectivity index (χ0v) is 13.2. The van der Waals surface area contributed by atoms with Crippen LogP contribution >= 0.6 is 0 Å². The van der Waals surface area contributed by atoms with Crippen LogP contribution in [0.5, 0.6) is 5.75 Å². The molecule has 0 aliphatic carbocycles. The molecule has 1 aromatic heterocycles. The van der Waals surface area contributed by atoms with Crippen molar-refractivity contribution in [3.05, 3.63) is 30.5 Å².